The first kappa shape index (κ1) is 24.4. The Hall–Kier alpha value is 0.337. The smallest absolute Gasteiger partial charge is 1.00 e. The van der Waals surface area contributed by atoms with Crippen molar-refractivity contribution in [1.29, 1.82) is 0 Å². The zero-order chi connectivity index (χ0) is 17.6. The average molecular weight is 500 g/mol. The minimum absolute atomic E-state index is 0. The molecule has 1 aromatic rings. The molecular formula is C21H29Cl2Si2Zr. The Balaban J connectivity index is 0.00000169. The van der Waals surface area contributed by atoms with Gasteiger partial charge < -0.3 is 24.8 Å². The van der Waals surface area contributed by atoms with Crippen LogP contribution in [0.4, 0.5) is 0 Å². The molecule has 0 nitrogen and oxygen atoms in total. The predicted molar refractivity (Wildman–Crippen MR) is 109 cm³/mol. The van der Waals surface area contributed by atoms with Crippen molar-refractivity contribution < 1.29 is 49.5 Å². The number of rotatable bonds is 4. The minimum Gasteiger partial charge on any atom is -1.00 e. The Kier molecular flexibility index (Phi) is 8.65. The monoisotopic (exact) mass is 497 g/mol. The standard InChI is InChI=1S/C21H29Si2.2ClH.Zr/c1-15-19(14-23(4,5)6)16-10-7-8-11-17(16)21(15)18-12-9-13-20(18)22(2)3;;;/h7-8,10-11,13,21-22H,9,14H2,1-6H3;2*1H;/q;;;+2/p-2. The van der Waals surface area contributed by atoms with Gasteiger partial charge in [0.05, 0.1) is 0 Å². The van der Waals surface area contributed by atoms with E-state index in [-0.39, 0.29) is 24.8 Å². The summed E-state index contributed by atoms with van der Waals surface area (Å²) in [5.41, 5.74) is 8.18. The number of fused-ring (bicyclic) bond motifs is 1. The Bertz CT molecular complexity index is 770. The summed E-state index contributed by atoms with van der Waals surface area (Å²) in [6.45, 7) is 14.9. The molecule has 0 spiro atoms. The molecule has 139 valence electrons. The molecule has 5 heteroatoms. The predicted octanol–water partition coefficient (Wildman–Crippen LogP) is 0.0604. The molecular weight excluding hydrogens is 471 g/mol. The van der Waals surface area contributed by atoms with Gasteiger partial charge in [0.25, 0.3) is 0 Å². The molecule has 0 heterocycles. The average Bonchev–Trinajstić information content (AvgIpc) is 2.97. The van der Waals surface area contributed by atoms with Crippen molar-refractivity contribution in [3.63, 3.8) is 0 Å². The minimum atomic E-state index is -1.13. The van der Waals surface area contributed by atoms with Crippen molar-refractivity contribution in [1.82, 2.24) is 0 Å². The van der Waals surface area contributed by atoms with E-state index in [1.807, 2.05) is 0 Å². The summed E-state index contributed by atoms with van der Waals surface area (Å²) in [5, 5.41) is 1.75. The van der Waals surface area contributed by atoms with E-state index in [1.165, 1.54) is 12.5 Å². The molecule has 2 aliphatic carbocycles. The van der Waals surface area contributed by atoms with Crippen LogP contribution in [0.5, 0.6) is 0 Å². The SMILES string of the molecule is CC1=C(C[Si](C)(C)C)c2ccccc2C1C1=[C]([Zr+2])CC=C1[SiH](C)C.[Cl-].[Cl-]. The maximum Gasteiger partial charge on any atom is -1.00 e. The maximum atomic E-state index is 2.56. The first-order valence-electron chi connectivity index (χ1n) is 9.14. The van der Waals surface area contributed by atoms with Gasteiger partial charge in [0.1, 0.15) is 0 Å². The van der Waals surface area contributed by atoms with Gasteiger partial charge in [-0.05, 0) is 0 Å². The van der Waals surface area contributed by atoms with Gasteiger partial charge in [-0.3, -0.25) is 0 Å². The Labute approximate surface area is 189 Å². The third-order valence-corrected chi connectivity index (χ3v) is 9.65. The van der Waals surface area contributed by atoms with Crippen LogP contribution in [0.3, 0.4) is 0 Å². The van der Waals surface area contributed by atoms with Gasteiger partial charge in [-0.1, -0.05) is 0 Å². The topological polar surface area (TPSA) is 0 Å². The normalized spacial score (nSPS) is 19.4. The van der Waals surface area contributed by atoms with Gasteiger partial charge in [0, 0.05) is 0 Å². The number of halogens is 2. The quantitative estimate of drug-likeness (QED) is 0.514. The molecule has 0 amide bonds. The van der Waals surface area contributed by atoms with E-state index in [0.717, 1.165) is 0 Å². The molecule has 1 aromatic carbocycles. The molecule has 26 heavy (non-hydrogen) atoms. The van der Waals surface area contributed by atoms with Crippen molar-refractivity contribution in [3.05, 3.63) is 61.1 Å². The van der Waals surface area contributed by atoms with Crippen LogP contribution in [-0.2, 0) is 24.7 Å². The molecule has 1 unspecified atom stereocenters. The summed E-state index contributed by atoms with van der Waals surface area (Å²) in [5.74, 6) is 0.547. The van der Waals surface area contributed by atoms with Gasteiger partial charge >= 0.3 is 166 Å². The fourth-order valence-electron chi connectivity index (χ4n) is 4.27. The van der Waals surface area contributed by atoms with E-state index in [1.54, 1.807) is 61.0 Å². The summed E-state index contributed by atoms with van der Waals surface area (Å²) in [6, 6.07) is 10.6. The van der Waals surface area contributed by atoms with E-state index >= 15 is 0 Å². The van der Waals surface area contributed by atoms with Crippen LogP contribution in [0.2, 0.25) is 38.8 Å². The van der Waals surface area contributed by atoms with Crippen LogP contribution < -0.4 is 24.8 Å². The second kappa shape index (κ2) is 9.22. The van der Waals surface area contributed by atoms with E-state index in [4.69, 9.17) is 0 Å². The molecule has 0 aromatic heterocycles. The number of allylic oxidation sites excluding steroid dienone is 6. The van der Waals surface area contributed by atoms with Crippen molar-refractivity contribution in [2.24, 2.45) is 0 Å². The fourth-order valence-corrected chi connectivity index (χ4v) is 8.67. The van der Waals surface area contributed by atoms with Crippen LogP contribution in [-0.4, -0.2) is 16.9 Å². The van der Waals surface area contributed by atoms with E-state index in [0.29, 0.717) is 5.92 Å². The molecule has 1 atom stereocenters. The number of benzene rings is 1. The first-order chi connectivity index (χ1) is 11.2. The van der Waals surface area contributed by atoms with Crippen molar-refractivity contribution in [2.75, 3.05) is 0 Å². The second-order valence-corrected chi connectivity index (χ2v) is 18.7. The second-order valence-electron chi connectivity index (χ2n) is 8.83. The van der Waals surface area contributed by atoms with Crippen molar-refractivity contribution in [2.45, 2.75) is 58.0 Å². The molecule has 0 N–H and O–H groups in total. The summed E-state index contributed by atoms with van der Waals surface area (Å²) >= 11 is 1.62. The van der Waals surface area contributed by atoms with Crippen molar-refractivity contribution >= 4 is 22.4 Å². The zero-order valence-corrected chi connectivity index (χ0v) is 22.8. The molecule has 0 saturated heterocycles. The van der Waals surface area contributed by atoms with Gasteiger partial charge in [-0.25, -0.2) is 0 Å². The van der Waals surface area contributed by atoms with Crippen LogP contribution in [0.15, 0.2) is 50.0 Å². The summed E-state index contributed by atoms with van der Waals surface area (Å²) < 4.78 is 1.70. The summed E-state index contributed by atoms with van der Waals surface area (Å²) in [4.78, 5) is 0. The molecule has 3 rings (SSSR count). The van der Waals surface area contributed by atoms with E-state index in [9.17, 15) is 0 Å². The third-order valence-electron chi connectivity index (χ3n) is 5.29. The van der Waals surface area contributed by atoms with E-state index in [2.05, 4.69) is 70.0 Å². The fraction of sp³-hybridized carbons (Fsp3) is 0.429. The zero-order valence-electron chi connectivity index (χ0n) is 16.7. The molecule has 0 aliphatic heterocycles. The van der Waals surface area contributed by atoms with Crippen LogP contribution >= 0.6 is 0 Å². The Morgan fingerprint density at radius 3 is 2.31 bits per heavy atom. The van der Waals surface area contributed by atoms with Gasteiger partial charge in [0.15, 0.2) is 0 Å². The number of hydrogen-bond acceptors (Lipinski definition) is 0. The van der Waals surface area contributed by atoms with Gasteiger partial charge in [-0.2, -0.15) is 0 Å². The maximum absolute atomic E-state index is 2.56. The molecule has 2 aliphatic rings. The summed E-state index contributed by atoms with van der Waals surface area (Å²) in [7, 11) is -1.91. The van der Waals surface area contributed by atoms with E-state index < -0.39 is 16.9 Å². The molecule has 0 fully saturated rings. The molecule has 0 saturated carbocycles. The number of hydrogen-bond donors (Lipinski definition) is 0. The van der Waals surface area contributed by atoms with Crippen molar-refractivity contribution in [3.8, 4) is 0 Å². The van der Waals surface area contributed by atoms with Gasteiger partial charge in [0.2, 0.25) is 0 Å². The molecule has 0 bridgehead atoms. The van der Waals surface area contributed by atoms with Gasteiger partial charge in [-0.15, -0.1) is 0 Å². The van der Waals surface area contributed by atoms with Crippen LogP contribution in [0.1, 0.15) is 30.4 Å². The largest absolute Gasteiger partial charge is 1.00 e. The Morgan fingerprint density at radius 2 is 1.73 bits per heavy atom. The third kappa shape index (κ3) is 4.66. The van der Waals surface area contributed by atoms with Crippen LogP contribution in [0, 0.1) is 0 Å². The Morgan fingerprint density at radius 1 is 1.12 bits per heavy atom. The van der Waals surface area contributed by atoms with Crippen LogP contribution in [0.25, 0.3) is 5.57 Å². The molecule has 0 radical (unpaired) electrons. The summed E-state index contributed by atoms with van der Waals surface area (Å²) in [6.07, 6.45) is 3.77. The first-order valence-corrected chi connectivity index (χ1v) is 17.0.